The van der Waals surface area contributed by atoms with Crippen molar-refractivity contribution in [3.05, 3.63) is 12.2 Å². The molecule has 0 fully saturated rings. The second-order valence-electron chi connectivity index (χ2n) is 7.92. The van der Waals surface area contributed by atoms with Crippen LogP contribution in [-0.2, 0) is 14.3 Å². The fraction of sp³-hybridized carbons (Fsp3) is 0.875. The quantitative estimate of drug-likeness (QED) is 0.118. The molecular formula is C24H46O3. The summed E-state index contributed by atoms with van der Waals surface area (Å²) >= 11 is 0. The summed E-state index contributed by atoms with van der Waals surface area (Å²) in [5, 5.41) is 0. The number of hydrogen-bond acceptors (Lipinski definition) is 3. The minimum atomic E-state index is -0.257. The maximum atomic E-state index is 11.2. The van der Waals surface area contributed by atoms with Crippen molar-refractivity contribution in [2.24, 2.45) is 0 Å². The van der Waals surface area contributed by atoms with E-state index < -0.39 is 0 Å². The monoisotopic (exact) mass is 382 g/mol. The number of carbonyl (C=O) groups is 1. The van der Waals surface area contributed by atoms with Crippen LogP contribution in [0.15, 0.2) is 12.2 Å². The standard InChI is InChI=1S/C24H46O3/c1-23(2)24(25)27-22-20-18-16-14-12-10-8-6-4-5-7-9-11-13-15-17-19-21-26-3/h1,4-22H2,2-3H3. The van der Waals surface area contributed by atoms with E-state index in [4.69, 9.17) is 9.47 Å². The van der Waals surface area contributed by atoms with Gasteiger partial charge in [0.1, 0.15) is 0 Å². The normalized spacial score (nSPS) is 10.9. The lowest BCUT2D eigenvalue weighted by Crippen LogP contribution is -2.05. The van der Waals surface area contributed by atoms with Crippen molar-refractivity contribution >= 4 is 5.97 Å². The summed E-state index contributed by atoms with van der Waals surface area (Å²) in [4.78, 5) is 11.2. The van der Waals surface area contributed by atoms with Crippen LogP contribution < -0.4 is 0 Å². The summed E-state index contributed by atoms with van der Waals surface area (Å²) in [6, 6.07) is 0. The molecule has 0 aliphatic heterocycles. The van der Waals surface area contributed by atoms with Gasteiger partial charge in [-0.05, 0) is 19.8 Å². The molecule has 27 heavy (non-hydrogen) atoms. The largest absolute Gasteiger partial charge is 0.462 e. The summed E-state index contributed by atoms with van der Waals surface area (Å²) in [5.74, 6) is -0.257. The molecule has 0 aromatic heterocycles. The molecule has 0 amide bonds. The summed E-state index contributed by atoms with van der Waals surface area (Å²) in [6.45, 7) is 6.73. The van der Waals surface area contributed by atoms with Gasteiger partial charge in [-0.3, -0.25) is 0 Å². The molecule has 160 valence electrons. The second kappa shape index (κ2) is 21.5. The number of unbranched alkanes of at least 4 members (excludes halogenated alkanes) is 16. The minimum absolute atomic E-state index is 0.257. The zero-order valence-corrected chi connectivity index (χ0v) is 18.4. The van der Waals surface area contributed by atoms with Crippen LogP contribution in [0.2, 0.25) is 0 Å². The first-order chi connectivity index (χ1) is 13.2. The number of methoxy groups -OCH3 is 1. The molecule has 0 bridgehead atoms. The third-order valence-corrected chi connectivity index (χ3v) is 5.07. The van der Waals surface area contributed by atoms with Gasteiger partial charge in [0, 0.05) is 19.3 Å². The molecule has 0 rings (SSSR count). The van der Waals surface area contributed by atoms with Crippen molar-refractivity contribution in [3.63, 3.8) is 0 Å². The summed E-state index contributed by atoms with van der Waals surface area (Å²) in [6.07, 6.45) is 22.7. The Morgan fingerprint density at radius 2 is 0.889 bits per heavy atom. The predicted molar refractivity (Wildman–Crippen MR) is 116 cm³/mol. The summed E-state index contributed by atoms with van der Waals surface area (Å²) in [7, 11) is 1.79. The van der Waals surface area contributed by atoms with Gasteiger partial charge < -0.3 is 9.47 Å². The molecule has 0 saturated carbocycles. The Balaban J connectivity index is 3.05. The average Bonchev–Trinajstić information content (AvgIpc) is 2.66. The Morgan fingerprint density at radius 1 is 0.593 bits per heavy atom. The van der Waals surface area contributed by atoms with Gasteiger partial charge >= 0.3 is 5.97 Å². The summed E-state index contributed by atoms with van der Waals surface area (Å²) in [5.41, 5.74) is 0.490. The fourth-order valence-corrected chi connectivity index (χ4v) is 3.29. The van der Waals surface area contributed by atoms with Crippen molar-refractivity contribution < 1.29 is 14.3 Å². The van der Waals surface area contributed by atoms with E-state index in [1.54, 1.807) is 14.0 Å². The first kappa shape index (κ1) is 26.2. The smallest absolute Gasteiger partial charge is 0.333 e. The Morgan fingerprint density at radius 3 is 1.19 bits per heavy atom. The Bertz CT molecular complexity index is 339. The topological polar surface area (TPSA) is 35.5 Å². The van der Waals surface area contributed by atoms with Gasteiger partial charge in [0.2, 0.25) is 0 Å². The molecule has 0 atom stereocenters. The van der Waals surface area contributed by atoms with Gasteiger partial charge in [0.15, 0.2) is 0 Å². The lowest BCUT2D eigenvalue weighted by atomic mass is 10.0. The van der Waals surface area contributed by atoms with Crippen molar-refractivity contribution in [3.8, 4) is 0 Å². The van der Waals surface area contributed by atoms with E-state index >= 15 is 0 Å². The van der Waals surface area contributed by atoms with E-state index in [1.165, 1.54) is 96.3 Å². The van der Waals surface area contributed by atoms with E-state index in [0.717, 1.165) is 19.4 Å². The molecule has 0 aliphatic carbocycles. The van der Waals surface area contributed by atoms with Crippen LogP contribution in [0.1, 0.15) is 116 Å². The van der Waals surface area contributed by atoms with Crippen LogP contribution >= 0.6 is 0 Å². The molecule has 0 heterocycles. The lowest BCUT2D eigenvalue weighted by Gasteiger charge is -2.05. The number of ether oxygens (including phenoxy) is 2. The highest BCUT2D eigenvalue weighted by atomic mass is 16.5. The fourth-order valence-electron chi connectivity index (χ4n) is 3.29. The van der Waals surface area contributed by atoms with Crippen LogP contribution in [0, 0.1) is 0 Å². The van der Waals surface area contributed by atoms with E-state index in [9.17, 15) is 4.79 Å². The SMILES string of the molecule is C=C(C)C(=O)OCCCCCCCCCCCCCCCCCCCOC. The van der Waals surface area contributed by atoms with Gasteiger partial charge in [-0.2, -0.15) is 0 Å². The lowest BCUT2D eigenvalue weighted by molar-refractivity contribution is -0.139. The van der Waals surface area contributed by atoms with Crippen LogP contribution in [0.25, 0.3) is 0 Å². The van der Waals surface area contributed by atoms with Crippen molar-refractivity contribution in [2.45, 2.75) is 116 Å². The zero-order chi connectivity index (χ0) is 20.0. The Labute approximate surface area is 169 Å². The number of rotatable bonds is 21. The van der Waals surface area contributed by atoms with Crippen molar-refractivity contribution in [1.82, 2.24) is 0 Å². The van der Waals surface area contributed by atoms with Crippen molar-refractivity contribution in [2.75, 3.05) is 20.3 Å². The van der Waals surface area contributed by atoms with E-state index in [2.05, 4.69) is 6.58 Å². The molecule has 0 aromatic rings. The van der Waals surface area contributed by atoms with E-state index in [-0.39, 0.29) is 5.97 Å². The highest BCUT2D eigenvalue weighted by Gasteiger charge is 2.01. The zero-order valence-electron chi connectivity index (χ0n) is 18.4. The summed E-state index contributed by atoms with van der Waals surface area (Å²) < 4.78 is 10.2. The first-order valence-electron chi connectivity index (χ1n) is 11.5. The molecule has 0 aliphatic rings. The molecule has 0 saturated heterocycles. The molecule has 0 unspecified atom stereocenters. The minimum Gasteiger partial charge on any atom is -0.462 e. The second-order valence-corrected chi connectivity index (χ2v) is 7.92. The van der Waals surface area contributed by atoms with Gasteiger partial charge in [0.25, 0.3) is 0 Å². The van der Waals surface area contributed by atoms with Crippen LogP contribution in [0.3, 0.4) is 0 Å². The molecule has 0 aromatic carbocycles. The van der Waals surface area contributed by atoms with Gasteiger partial charge in [-0.1, -0.05) is 103 Å². The molecule has 0 radical (unpaired) electrons. The highest BCUT2D eigenvalue weighted by Crippen LogP contribution is 2.14. The number of hydrogen-bond donors (Lipinski definition) is 0. The van der Waals surface area contributed by atoms with E-state index in [1.807, 2.05) is 0 Å². The molecule has 0 spiro atoms. The molecular weight excluding hydrogens is 336 g/mol. The third kappa shape index (κ3) is 21.3. The maximum absolute atomic E-state index is 11.2. The van der Waals surface area contributed by atoms with Crippen LogP contribution in [0.5, 0.6) is 0 Å². The van der Waals surface area contributed by atoms with Crippen LogP contribution in [-0.4, -0.2) is 26.3 Å². The third-order valence-electron chi connectivity index (χ3n) is 5.07. The Hall–Kier alpha value is -0.830. The molecule has 3 nitrogen and oxygen atoms in total. The predicted octanol–water partition coefficient (Wildman–Crippen LogP) is 7.38. The first-order valence-corrected chi connectivity index (χ1v) is 11.5. The van der Waals surface area contributed by atoms with Gasteiger partial charge in [-0.25, -0.2) is 4.79 Å². The average molecular weight is 383 g/mol. The number of carbonyl (C=O) groups excluding carboxylic acids is 1. The Kier molecular flexibility index (Phi) is 20.8. The number of esters is 1. The van der Waals surface area contributed by atoms with Crippen LogP contribution in [0.4, 0.5) is 0 Å². The maximum Gasteiger partial charge on any atom is 0.333 e. The molecule has 3 heteroatoms. The highest BCUT2D eigenvalue weighted by molar-refractivity contribution is 5.86. The molecule has 0 N–H and O–H groups in total. The van der Waals surface area contributed by atoms with Gasteiger partial charge in [-0.15, -0.1) is 0 Å². The van der Waals surface area contributed by atoms with Gasteiger partial charge in [0.05, 0.1) is 6.61 Å². The van der Waals surface area contributed by atoms with Crippen molar-refractivity contribution in [1.29, 1.82) is 0 Å². The van der Waals surface area contributed by atoms with E-state index in [0.29, 0.717) is 12.2 Å².